The van der Waals surface area contributed by atoms with Gasteiger partial charge in [0, 0.05) is 82.5 Å². The fourth-order valence-electron chi connectivity index (χ4n) is 14.2. The van der Waals surface area contributed by atoms with Crippen LogP contribution in [0.5, 0.6) is 0 Å². The van der Waals surface area contributed by atoms with Crippen molar-refractivity contribution in [3.8, 4) is 91.0 Å². The van der Waals surface area contributed by atoms with Crippen molar-refractivity contribution in [3.63, 3.8) is 0 Å². The van der Waals surface area contributed by atoms with Gasteiger partial charge in [0.05, 0.1) is 78.8 Å². The maximum Gasteiger partial charge on any atom is 0.160 e. The molecule has 0 N–H and O–H groups in total. The van der Waals surface area contributed by atoms with Crippen LogP contribution in [-0.4, -0.2) is 28.2 Å². The first-order valence-electron chi connectivity index (χ1n) is 30.8. The highest BCUT2D eigenvalue weighted by Gasteiger charge is 2.22. The maximum absolute atomic E-state index is 9.83. The Morgan fingerprint density at radius 3 is 0.870 bits per heavy atom. The largest absolute Gasteiger partial charge is 0.309 e. The summed E-state index contributed by atoms with van der Waals surface area (Å²) in [4.78, 5) is 10.6. The molecule has 0 saturated heterocycles. The van der Waals surface area contributed by atoms with Crippen molar-refractivity contribution < 1.29 is 0 Å². The van der Waals surface area contributed by atoms with Crippen LogP contribution in [0.15, 0.2) is 303 Å². The fraction of sp³-hybridized carbons (Fsp3) is 0. The predicted molar refractivity (Wildman–Crippen MR) is 376 cm³/mol. The van der Waals surface area contributed by atoms with E-state index in [9.17, 15) is 10.5 Å². The molecule has 0 radical (unpaired) electrons. The lowest BCUT2D eigenvalue weighted by molar-refractivity contribution is 1.13. The van der Waals surface area contributed by atoms with Gasteiger partial charge >= 0.3 is 0 Å². The van der Waals surface area contributed by atoms with Crippen LogP contribution in [0.4, 0.5) is 0 Å². The minimum absolute atomic E-state index is 0.512. The second-order valence-corrected chi connectivity index (χ2v) is 23.6. The summed E-state index contributed by atoms with van der Waals surface area (Å²) in [7, 11) is 0. The Hall–Kier alpha value is -12.9. The molecule has 0 aliphatic heterocycles. The van der Waals surface area contributed by atoms with E-state index in [1.54, 1.807) is 12.1 Å². The molecular weight excluding hydrogens is 1120 g/mol. The Morgan fingerprint density at radius 1 is 0.217 bits per heavy atom. The number of fused-ring (bicyclic) bond motifs is 12. The van der Waals surface area contributed by atoms with Crippen LogP contribution in [0.3, 0.4) is 0 Å². The number of hydrogen-bond acceptors (Lipinski definition) is 4. The molecule has 5 heterocycles. The molecule has 0 fully saturated rings. The van der Waals surface area contributed by atoms with Gasteiger partial charge in [0.1, 0.15) is 0 Å². The van der Waals surface area contributed by atoms with Gasteiger partial charge in [0.25, 0.3) is 0 Å². The van der Waals surface area contributed by atoms with E-state index in [2.05, 4.69) is 285 Å². The van der Waals surface area contributed by atoms with Gasteiger partial charge in [-0.3, -0.25) is 0 Å². The highest BCUT2D eigenvalue weighted by Crippen LogP contribution is 2.43. The van der Waals surface area contributed by atoms with Gasteiger partial charge in [-0.25, -0.2) is 9.97 Å². The Balaban J connectivity index is 0.846. The van der Waals surface area contributed by atoms with E-state index in [-0.39, 0.29) is 0 Å². The van der Waals surface area contributed by atoms with Crippen LogP contribution in [0.25, 0.3) is 166 Å². The molecule has 18 aromatic rings. The summed E-state index contributed by atoms with van der Waals surface area (Å²) in [5.41, 5.74) is 22.7. The van der Waals surface area contributed by atoms with Gasteiger partial charge in [0.2, 0.25) is 0 Å². The molecule has 92 heavy (non-hydrogen) atoms. The van der Waals surface area contributed by atoms with Gasteiger partial charge in [-0.1, -0.05) is 146 Å². The van der Waals surface area contributed by atoms with Crippen molar-refractivity contribution in [2.45, 2.75) is 0 Å². The molecule has 18 rings (SSSR count). The Kier molecular flexibility index (Phi) is 11.9. The van der Waals surface area contributed by atoms with E-state index >= 15 is 0 Å². The molecule has 0 amide bonds. The molecule has 0 bridgehead atoms. The van der Waals surface area contributed by atoms with Crippen LogP contribution in [0.1, 0.15) is 11.1 Å². The molecule has 426 valence electrons. The number of para-hydroxylation sites is 6. The molecule has 0 saturated carbocycles. The first kappa shape index (κ1) is 52.3. The SMILES string of the molecule is N#Cc1ccc(-c2cc(-c3cc(-n4c5ccccc5c5cc(-c6ccc7c(c6)c6ccccc6n7-c6ccccc6)ccc54)cc(-n4c5ccccc5c5cc(-c6ccc7c(c6)c6ccccc6n7-c6ccccc6)ccc54)c3)nc(-c3ccc(C#N)cc3)n2)cc1. The van der Waals surface area contributed by atoms with E-state index < -0.39 is 0 Å². The van der Waals surface area contributed by atoms with Crippen LogP contribution >= 0.6 is 0 Å². The standard InChI is InChI=1S/C84H50N8/c85-51-53-27-31-55(32-28-53)74-50-75(88-84(87-74)56-33-29-54(52-86)30-34-56)61-43-64(91-78-25-13-9-21-68(78)72-47-59(37-41-82(72)91)57-35-39-80-70(45-57)66-19-7-11-23-76(66)89(80)62-15-3-1-4-16-62)49-65(44-61)92-79-26-14-10-22-69(79)73-48-60(38-42-83(73)92)58-36-40-81-71(46-58)67-20-8-12-24-77(67)90(81)63-17-5-2-6-18-63/h1-50H. The van der Waals surface area contributed by atoms with Crippen LogP contribution in [0, 0.1) is 22.7 Å². The van der Waals surface area contributed by atoms with Crippen molar-refractivity contribution in [2.24, 2.45) is 0 Å². The van der Waals surface area contributed by atoms with E-state index in [0.717, 1.165) is 116 Å². The number of aromatic nitrogens is 6. The monoisotopic (exact) mass is 1170 g/mol. The predicted octanol–water partition coefficient (Wildman–Crippen LogP) is 20.9. The van der Waals surface area contributed by atoms with E-state index in [1.807, 2.05) is 36.4 Å². The summed E-state index contributed by atoms with van der Waals surface area (Å²) in [6.07, 6.45) is 0. The first-order chi connectivity index (χ1) is 45.5. The molecule has 0 spiro atoms. The molecular formula is C84H50N8. The number of rotatable bonds is 9. The number of nitrogens with zero attached hydrogens (tertiary/aromatic N) is 8. The summed E-state index contributed by atoms with van der Waals surface area (Å²) in [6.45, 7) is 0. The lowest BCUT2D eigenvalue weighted by atomic mass is 10.0. The average molecular weight is 1170 g/mol. The smallest absolute Gasteiger partial charge is 0.160 e. The molecule has 0 aliphatic rings. The van der Waals surface area contributed by atoms with E-state index in [4.69, 9.17) is 9.97 Å². The second-order valence-electron chi connectivity index (χ2n) is 23.6. The van der Waals surface area contributed by atoms with E-state index in [1.165, 1.54) is 32.6 Å². The Morgan fingerprint density at radius 2 is 0.511 bits per heavy atom. The van der Waals surface area contributed by atoms with Crippen LogP contribution < -0.4 is 0 Å². The molecule has 0 unspecified atom stereocenters. The van der Waals surface area contributed by atoms with Gasteiger partial charge in [-0.2, -0.15) is 10.5 Å². The van der Waals surface area contributed by atoms with Gasteiger partial charge < -0.3 is 18.3 Å². The number of benzene rings is 13. The van der Waals surface area contributed by atoms with Crippen LogP contribution in [-0.2, 0) is 0 Å². The highest BCUT2D eigenvalue weighted by molar-refractivity contribution is 6.15. The molecule has 5 aromatic heterocycles. The average Bonchev–Trinajstić information content (AvgIpc) is 1.65. The summed E-state index contributed by atoms with van der Waals surface area (Å²) in [5.74, 6) is 0.512. The highest BCUT2D eigenvalue weighted by atomic mass is 15.0. The maximum atomic E-state index is 9.83. The molecule has 0 aliphatic carbocycles. The Labute approximate surface area is 528 Å². The van der Waals surface area contributed by atoms with Crippen molar-refractivity contribution in [3.05, 3.63) is 314 Å². The third kappa shape index (κ3) is 8.37. The zero-order valence-electron chi connectivity index (χ0n) is 49.4. The molecule has 8 heteroatoms. The van der Waals surface area contributed by atoms with Crippen molar-refractivity contribution in [2.75, 3.05) is 0 Å². The number of hydrogen-bond donors (Lipinski definition) is 0. The van der Waals surface area contributed by atoms with Crippen molar-refractivity contribution >= 4 is 87.2 Å². The lowest BCUT2D eigenvalue weighted by Crippen LogP contribution is -2.02. The normalized spacial score (nSPS) is 11.7. The Bertz CT molecular complexity index is 5760. The topological polar surface area (TPSA) is 93.1 Å². The third-order valence-electron chi connectivity index (χ3n) is 18.4. The third-order valence-corrected chi connectivity index (χ3v) is 18.4. The quantitative estimate of drug-likeness (QED) is 0.144. The summed E-state index contributed by atoms with van der Waals surface area (Å²) in [6, 6.07) is 112. The van der Waals surface area contributed by atoms with Gasteiger partial charge in [-0.15, -0.1) is 0 Å². The zero-order valence-corrected chi connectivity index (χ0v) is 49.4. The molecule has 8 nitrogen and oxygen atoms in total. The second kappa shape index (κ2) is 20.9. The molecule has 13 aromatic carbocycles. The van der Waals surface area contributed by atoms with E-state index in [0.29, 0.717) is 28.3 Å². The van der Waals surface area contributed by atoms with Gasteiger partial charge in [0.15, 0.2) is 5.82 Å². The minimum atomic E-state index is 0.512. The summed E-state index contributed by atoms with van der Waals surface area (Å²) in [5, 5.41) is 29.0. The summed E-state index contributed by atoms with van der Waals surface area (Å²) >= 11 is 0. The minimum Gasteiger partial charge on any atom is -0.309 e. The summed E-state index contributed by atoms with van der Waals surface area (Å²) < 4.78 is 9.53. The lowest BCUT2D eigenvalue weighted by Gasteiger charge is -2.17. The van der Waals surface area contributed by atoms with Gasteiger partial charge in [-0.05, 0) is 180 Å². The zero-order chi connectivity index (χ0) is 61.0. The van der Waals surface area contributed by atoms with Crippen LogP contribution in [0.2, 0.25) is 0 Å². The number of nitriles is 2. The van der Waals surface area contributed by atoms with Crippen molar-refractivity contribution in [1.29, 1.82) is 10.5 Å². The first-order valence-corrected chi connectivity index (χ1v) is 30.8. The molecule has 0 atom stereocenters. The fourth-order valence-corrected chi connectivity index (χ4v) is 14.2. The van der Waals surface area contributed by atoms with Crippen molar-refractivity contribution in [1.82, 2.24) is 28.2 Å².